The summed E-state index contributed by atoms with van der Waals surface area (Å²) in [5.41, 5.74) is -0.143. The molecule has 0 saturated heterocycles. The van der Waals surface area contributed by atoms with E-state index < -0.39 is 11.7 Å². The highest BCUT2D eigenvalue weighted by Gasteiger charge is 2.32. The summed E-state index contributed by atoms with van der Waals surface area (Å²) < 4.78 is 44.3. The molecule has 0 bridgehead atoms. The molecular weight excluding hydrogens is 323 g/mol. The van der Waals surface area contributed by atoms with Gasteiger partial charge in [-0.3, -0.25) is 0 Å². The Hall–Kier alpha value is -1.01. The molecule has 1 aliphatic rings. The van der Waals surface area contributed by atoms with E-state index in [-0.39, 0.29) is 6.04 Å². The topological polar surface area (TPSA) is 21.3 Å². The fourth-order valence-electron chi connectivity index (χ4n) is 2.03. The van der Waals surface area contributed by atoms with Gasteiger partial charge in [-0.1, -0.05) is 15.9 Å². The van der Waals surface area contributed by atoms with Crippen molar-refractivity contribution in [2.75, 3.05) is 13.7 Å². The molecule has 19 heavy (non-hydrogen) atoms. The zero-order valence-electron chi connectivity index (χ0n) is 10.2. The number of benzene rings is 1. The Morgan fingerprint density at radius 2 is 2.11 bits per heavy atom. The second-order valence-electron chi connectivity index (χ2n) is 4.20. The maximum absolute atomic E-state index is 12.8. The lowest BCUT2D eigenvalue weighted by Gasteiger charge is -2.20. The first-order chi connectivity index (χ1) is 8.93. The molecule has 0 aliphatic carbocycles. The minimum Gasteiger partial charge on any atom is -0.496 e. The highest BCUT2D eigenvalue weighted by atomic mass is 79.9. The standard InChI is InChI=1S/C13H13BrF3NO/c1-18-12(11-3-2-6-19-11)9-7-8(13(15,16)17)4-5-10(9)14/h3-5,7,12,18H,2,6H2,1H3. The van der Waals surface area contributed by atoms with Gasteiger partial charge in [-0.25, -0.2) is 0 Å². The van der Waals surface area contributed by atoms with Gasteiger partial charge in [-0.2, -0.15) is 13.2 Å². The maximum atomic E-state index is 12.8. The minimum atomic E-state index is -4.35. The zero-order chi connectivity index (χ0) is 14.0. The van der Waals surface area contributed by atoms with Crippen LogP contribution in [0.5, 0.6) is 0 Å². The number of likely N-dealkylation sites (N-methyl/N-ethyl adjacent to an activating group) is 1. The summed E-state index contributed by atoms with van der Waals surface area (Å²) in [6.45, 7) is 0.574. The molecule has 0 aromatic heterocycles. The van der Waals surface area contributed by atoms with Crippen LogP contribution < -0.4 is 5.32 Å². The van der Waals surface area contributed by atoms with Crippen molar-refractivity contribution < 1.29 is 17.9 Å². The predicted octanol–water partition coefficient (Wildman–Crippen LogP) is 4.03. The van der Waals surface area contributed by atoms with E-state index in [0.29, 0.717) is 22.4 Å². The normalized spacial score (nSPS) is 17.0. The van der Waals surface area contributed by atoms with E-state index in [1.54, 1.807) is 7.05 Å². The smallest absolute Gasteiger partial charge is 0.416 e. The minimum absolute atomic E-state index is 0.376. The van der Waals surface area contributed by atoms with Gasteiger partial charge < -0.3 is 10.1 Å². The zero-order valence-corrected chi connectivity index (χ0v) is 11.8. The second kappa shape index (κ2) is 5.54. The number of alkyl halides is 3. The van der Waals surface area contributed by atoms with Crippen molar-refractivity contribution in [3.63, 3.8) is 0 Å². The van der Waals surface area contributed by atoms with Crippen LogP contribution in [0.4, 0.5) is 13.2 Å². The Balaban J connectivity index is 2.41. The van der Waals surface area contributed by atoms with Crippen LogP contribution in [0.1, 0.15) is 23.6 Å². The average Bonchev–Trinajstić information content (AvgIpc) is 2.84. The summed E-state index contributed by atoms with van der Waals surface area (Å²) >= 11 is 3.30. The number of hydrogen-bond acceptors (Lipinski definition) is 2. The average molecular weight is 336 g/mol. The fourth-order valence-corrected chi connectivity index (χ4v) is 2.51. The molecule has 1 aromatic carbocycles. The van der Waals surface area contributed by atoms with Crippen LogP contribution in [0.2, 0.25) is 0 Å². The molecule has 1 atom stereocenters. The van der Waals surface area contributed by atoms with Crippen molar-refractivity contribution in [2.45, 2.75) is 18.6 Å². The highest BCUT2D eigenvalue weighted by molar-refractivity contribution is 9.10. The molecular formula is C13H13BrF3NO. The van der Waals surface area contributed by atoms with Gasteiger partial charge in [0.15, 0.2) is 0 Å². The van der Waals surface area contributed by atoms with Gasteiger partial charge in [0.05, 0.1) is 18.2 Å². The van der Waals surface area contributed by atoms with E-state index in [1.807, 2.05) is 6.08 Å². The van der Waals surface area contributed by atoms with Gasteiger partial charge in [0.2, 0.25) is 0 Å². The number of ether oxygens (including phenoxy) is 1. The molecule has 0 saturated carbocycles. The van der Waals surface area contributed by atoms with E-state index in [0.717, 1.165) is 18.6 Å². The highest BCUT2D eigenvalue weighted by Crippen LogP contribution is 2.36. The molecule has 0 fully saturated rings. The molecule has 104 valence electrons. The number of rotatable bonds is 3. The molecule has 6 heteroatoms. The molecule has 2 rings (SSSR count). The van der Waals surface area contributed by atoms with Gasteiger partial charge in [0.1, 0.15) is 5.76 Å². The first-order valence-corrected chi connectivity index (χ1v) is 6.59. The maximum Gasteiger partial charge on any atom is 0.416 e. The van der Waals surface area contributed by atoms with E-state index >= 15 is 0 Å². The Morgan fingerprint density at radius 3 is 2.63 bits per heavy atom. The monoisotopic (exact) mass is 335 g/mol. The van der Waals surface area contributed by atoms with Crippen LogP contribution in [0, 0.1) is 0 Å². The number of halogens is 4. The molecule has 1 aromatic rings. The number of nitrogens with one attached hydrogen (secondary N) is 1. The Bertz CT molecular complexity index is 499. The predicted molar refractivity (Wildman–Crippen MR) is 69.6 cm³/mol. The summed E-state index contributed by atoms with van der Waals surface area (Å²) in [6, 6.07) is 3.25. The van der Waals surface area contributed by atoms with Crippen molar-refractivity contribution in [2.24, 2.45) is 0 Å². The lowest BCUT2D eigenvalue weighted by Crippen LogP contribution is -2.20. The fraction of sp³-hybridized carbons (Fsp3) is 0.385. The molecule has 1 aliphatic heterocycles. The summed E-state index contributed by atoms with van der Waals surface area (Å²) in [7, 11) is 1.69. The quantitative estimate of drug-likeness (QED) is 0.900. The van der Waals surface area contributed by atoms with Crippen LogP contribution in [0.3, 0.4) is 0 Å². The first-order valence-electron chi connectivity index (χ1n) is 5.80. The molecule has 0 amide bonds. The summed E-state index contributed by atoms with van der Waals surface area (Å²) in [5.74, 6) is 0.669. The van der Waals surface area contributed by atoms with Crippen LogP contribution in [-0.2, 0) is 10.9 Å². The van der Waals surface area contributed by atoms with Crippen LogP contribution in [-0.4, -0.2) is 13.7 Å². The second-order valence-corrected chi connectivity index (χ2v) is 5.05. The van der Waals surface area contributed by atoms with E-state index in [1.165, 1.54) is 6.07 Å². The summed E-state index contributed by atoms with van der Waals surface area (Å²) in [6.07, 6.45) is -1.67. The lowest BCUT2D eigenvalue weighted by molar-refractivity contribution is -0.137. The van der Waals surface area contributed by atoms with E-state index in [2.05, 4.69) is 21.2 Å². The third-order valence-electron chi connectivity index (χ3n) is 2.94. The van der Waals surface area contributed by atoms with Crippen molar-refractivity contribution >= 4 is 15.9 Å². The van der Waals surface area contributed by atoms with Crippen LogP contribution >= 0.6 is 15.9 Å². The van der Waals surface area contributed by atoms with E-state index in [9.17, 15) is 13.2 Å². The summed E-state index contributed by atoms with van der Waals surface area (Å²) in [4.78, 5) is 0. The van der Waals surface area contributed by atoms with Crippen molar-refractivity contribution in [3.8, 4) is 0 Å². The van der Waals surface area contributed by atoms with Crippen molar-refractivity contribution in [1.29, 1.82) is 0 Å². The van der Waals surface area contributed by atoms with Gasteiger partial charge in [-0.15, -0.1) is 0 Å². The summed E-state index contributed by atoms with van der Waals surface area (Å²) in [5, 5.41) is 2.99. The lowest BCUT2D eigenvalue weighted by atomic mass is 10.0. The molecule has 1 unspecified atom stereocenters. The SMILES string of the molecule is CNC(C1=CCCO1)c1cc(C(F)(F)F)ccc1Br. The third kappa shape index (κ3) is 3.12. The van der Waals surface area contributed by atoms with E-state index in [4.69, 9.17) is 4.74 Å². The Morgan fingerprint density at radius 1 is 1.37 bits per heavy atom. The van der Waals surface area contributed by atoms with Gasteiger partial charge in [-0.05, 0) is 36.9 Å². The van der Waals surface area contributed by atoms with Gasteiger partial charge in [0.25, 0.3) is 0 Å². The molecule has 2 nitrogen and oxygen atoms in total. The molecule has 1 heterocycles. The van der Waals surface area contributed by atoms with Crippen molar-refractivity contribution in [3.05, 3.63) is 45.6 Å². The van der Waals surface area contributed by atoms with Crippen LogP contribution in [0.25, 0.3) is 0 Å². The molecule has 0 radical (unpaired) electrons. The Labute approximate surface area is 117 Å². The first kappa shape index (κ1) is 14.4. The number of hydrogen-bond donors (Lipinski definition) is 1. The largest absolute Gasteiger partial charge is 0.496 e. The van der Waals surface area contributed by atoms with Gasteiger partial charge in [0, 0.05) is 10.9 Å². The Kier molecular flexibility index (Phi) is 4.20. The molecule has 1 N–H and O–H groups in total. The van der Waals surface area contributed by atoms with Crippen molar-refractivity contribution in [1.82, 2.24) is 5.32 Å². The molecule has 0 spiro atoms. The van der Waals surface area contributed by atoms with Crippen LogP contribution in [0.15, 0.2) is 34.5 Å². The third-order valence-corrected chi connectivity index (χ3v) is 3.66. The van der Waals surface area contributed by atoms with Gasteiger partial charge >= 0.3 is 6.18 Å².